The minimum atomic E-state index is -0.675. The molecule has 0 unspecified atom stereocenters. The molecule has 0 amide bonds. The highest BCUT2D eigenvalue weighted by atomic mass is 16.3. The second-order valence-electron chi connectivity index (χ2n) is 20.8. The lowest BCUT2D eigenvalue weighted by Crippen LogP contribution is -2.17. The van der Waals surface area contributed by atoms with Gasteiger partial charge in [-0.1, -0.05) is 178 Å². The average Bonchev–Trinajstić information content (AvgIpc) is 3.70. The second-order valence-corrected chi connectivity index (χ2v) is 20.8. The van der Waals surface area contributed by atoms with E-state index in [1.54, 1.807) is 0 Å². The summed E-state index contributed by atoms with van der Waals surface area (Å²) in [6, 6.07) is 58.1. The van der Waals surface area contributed by atoms with Gasteiger partial charge >= 0.3 is 0 Å². The van der Waals surface area contributed by atoms with Crippen LogP contribution in [-0.4, -0.2) is 19.6 Å². The molecule has 9 rings (SSSR count). The molecule has 0 aliphatic heterocycles. The molecule has 1 N–H and O–H groups in total. The van der Waals surface area contributed by atoms with Gasteiger partial charge in [-0.2, -0.15) is 0 Å². The van der Waals surface area contributed by atoms with Crippen molar-refractivity contribution in [2.75, 3.05) is 0 Å². The van der Waals surface area contributed by atoms with Crippen LogP contribution in [0, 0.1) is 5.92 Å². The van der Waals surface area contributed by atoms with Crippen molar-refractivity contribution < 1.29 is 6.48 Å². The lowest BCUT2D eigenvalue weighted by atomic mass is 9.79. The Bertz CT molecular complexity index is 3270. The minimum Gasteiger partial charge on any atom is -0.507 e. The first-order valence-electron chi connectivity index (χ1n) is 24.2. The Labute approximate surface area is 399 Å². The molecule has 0 saturated heterocycles. The third kappa shape index (κ3) is 9.23. The van der Waals surface area contributed by atoms with Crippen LogP contribution < -0.4 is 0 Å². The Hall–Kier alpha value is -7.04. The highest BCUT2D eigenvalue weighted by Gasteiger charge is 2.29. The standard InChI is InChI=1S/C63H63N3O/c1-40(2)32-48-36-52(28-29-53(48)45-20-15-12-16-21-45)66-58-23-17-22-54(59(58)65-61(66)55-38-51(62(5,6)7)39-56(60(55)67)63(8,9)10)49-33-47(43-18-13-11-14-19-43)34-50(35-49)57-37-46(30-31-64-57)44-26-24-42(25-27-44)41(3)4/h11-31,33-41,67H,32H2,1-10H3/i41D. The van der Waals surface area contributed by atoms with Gasteiger partial charge in [-0.25, -0.2) is 4.98 Å². The molecule has 2 aromatic heterocycles. The summed E-state index contributed by atoms with van der Waals surface area (Å²) in [5.74, 6) is 0.705. The summed E-state index contributed by atoms with van der Waals surface area (Å²) in [6.45, 7) is 21.6. The molecule has 0 atom stereocenters. The largest absolute Gasteiger partial charge is 0.507 e. The zero-order chi connectivity index (χ0) is 48.1. The van der Waals surface area contributed by atoms with Crippen molar-refractivity contribution in [2.24, 2.45) is 5.92 Å². The van der Waals surface area contributed by atoms with Crippen molar-refractivity contribution in [3.8, 4) is 78.6 Å². The average molecular weight is 879 g/mol. The third-order valence-corrected chi connectivity index (χ3v) is 13.0. The van der Waals surface area contributed by atoms with Crippen molar-refractivity contribution in [1.29, 1.82) is 0 Å². The van der Waals surface area contributed by atoms with Crippen LogP contribution in [0.2, 0.25) is 0 Å². The van der Waals surface area contributed by atoms with E-state index < -0.39 is 5.89 Å². The van der Waals surface area contributed by atoms with Crippen LogP contribution in [0.5, 0.6) is 5.75 Å². The Morgan fingerprint density at radius 3 is 1.87 bits per heavy atom. The molecule has 0 fully saturated rings. The van der Waals surface area contributed by atoms with E-state index in [0.29, 0.717) is 17.3 Å². The number of imidazole rings is 1. The molecular formula is C63H63N3O. The van der Waals surface area contributed by atoms with Gasteiger partial charge in [0.05, 0.1) is 22.3 Å². The Balaban J connectivity index is 1.30. The van der Waals surface area contributed by atoms with E-state index in [-0.39, 0.29) is 16.6 Å². The quantitative estimate of drug-likeness (QED) is 0.149. The first-order valence-corrected chi connectivity index (χ1v) is 23.7. The summed E-state index contributed by atoms with van der Waals surface area (Å²) in [6.07, 6.45) is 2.79. The van der Waals surface area contributed by atoms with Crippen molar-refractivity contribution in [3.05, 3.63) is 192 Å². The van der Waals surface area contributed by atoms with Gasteiger partial charge in [-0.15, -0.1) is 0 Å². The first kappa shape index (κ1) is 43.8. The molecule has 0 aliphatic carbocycles. The molecule has 9 aromatic rings. The van der Waals surface area contributed by atoms with Crippen LogP contribution >= 0.6 is 0 Å². The fourth-order valence-electron chi connectivity index (χ4n) is 9.30. The number of hydrogen-bond donors (Lipinski definition) is 1. The maximum absolute atomic E-state index is 12.5. The highest BCUT2D eigenvalue weighted by Crippen LogP contribution is 2.45. The molecule has 4 heteroatoms. The van der Waals surface area contributed by atoms with Crippen LogP contribution in [0.1, 0.15) is 98.8 Å². The number of benzene rings is 7. The molecule has 336 valence electrons. The number of para-hydroxylation sites is 1. The first-order chi connectivity index (χ1) is 32.3. The maximum Gasteiger partial charge on any atom is 0.149 e. The van der Waals surface area contributed by atoms with Crippen LogP contribution in [0.4, 0.5) is 0 Å². The number of phenolic OH excluding ortho intramolecular Hbond substituents is 1. The fraction of sp³-hybridized carbons (Fsp3) is 0.238. The third-order valence-electron chi connectivity index (χ3n) is 13.0. The normalized spacial score (nSPS) is 12.5. The van der Waals surface area contributed by atoms with Gasteiger partial charge in [0.15, 0.2) is 0 Å². The lowest BCUT2D eigenvalue weighted by Gasteiger charge is -2.27. The Morgan fingerprint density at radius 2 is 1.21 bits per heavy atom. The van der Waals surface area contributed by atoms with Crippen molar-refractivity contribution in [1.82, 2.24) is 14.5 Å². The van der Waals surface area contributed by atoms with Crippen molar-refractivity contribution >= 4 is 11.0 Å². The van der Waals surface area contributed by atoms with Gasteiger partial charge < -0.3 is 5.11 Å². The molecule has 2 heterocycles. The number of aromatic nitrogens is 3. The number of aromatic hydroxyl groups is 1. The highest BCUT2D eigenvalue weighted by molar-refractivity contribution is 5.98. The number of nitrogens with zero attached hydrogens (tertiary/aromatic N) is 3. The molecule has 4 nitrogen and oxygen atoms in total. The van der Waals surface area contributed by atoms with Gasteiger partial charge in [0.25, 0.3) is 0 Å². The van der Waals surface area contributed by atoms with Crippen LogP contribution in [-0.2, 0) is 17.3 Å². The van der Waals surface area contributed by atoms with Crippen molar-refractivity contribution in [3.63, 3.8) is 0 Å². The molecule has 67 heavy (non-hydrogen) atoms. The van der Waals surface area contributed by atoms with Gasteiger partial charge in [-0.05, 0) is 139 Å². The van der Waals surface area contributed by atoms with E-state index in [0.717, 1.165) is 84.5 Å². The van der Waals surface area contributed by atoms with E-state index in [9.17, 15) is 5.11 Å². The fourth-order valence-corrected chi connectivity index (χ4v) is 9.30. The topological polar surface area (TPSA) is 50.9 Å². The van der Waals surface area contributed by atoms with E-state index >= 15 is 0 Å². The zero-order valence-electron chi connectivity index (χ0n) is 41.7. The van der Waals surface area contributed by atoms with Crippen LogP contribution in [0.3, 0.4) is 0 Å². The molecule has 0 radical (unpaired) electrons. The molecule has 0 spiro atoms. The second kappa shape index (κ2) is 18.0. The number of fused-ring (bicyclic) bond motifs is 1. The van der Waals surface area contributed by atoms with Crippen LogP contribution in [0.15, 0.2) is 170 Å². The van der Waals surface area contributed by atoms with Crippen LogP contribution in [0.25, 0.3) is 83.9 Å². The number of rotatable bonds is 10. The van der Waals surface area contributed by atoms with Gasteiger partial charge in [-0.3, -0.25) is 9.55 Å². The summed E-state index contributed by atoms with van der Waals surface area (Å²) < 4.78 is 10.8. The number of pyridine rings is 1. The molecular weight excluding hydrogens is 815 g/mol. The molecule has 7 aromatic carbocycles. The van der Waals surface area contributed by atoms with E-state index in [1.165, 1.54) is 16.7 Å². The van der Waals surface area contributed by atoms with E-state index in [1.807, 2.05) is 20.0 Å². The predicted molar refractivity (Wildman–Crippen MR) is 283 cm³/mol. The van der Waals surface area contributed by atoms with Gasteiger partial charge in [0, 0.05) is 29.9 Å². The van der Waals surface area contributed by atoms with E-state index in [2.05, 4.69) is 224 Å². The summed E-state index contributed by atoms with van der Waals surface area (Å²) in [4.78, 5) is 10.6. The lowest BCUT2D eigenvalue weighted by molar-refractivity contribution is 0.446. The Kier molecular flexibility index (Phi) is 11.8. The van der Waals surface area contributed by atoms with Gasteiger partial charge in [0.1, 0.15) is 11.6 Å². The summed E-state index contributed by atoms with van der Waals surface area (Å²) in [5.41, 5.74) is 17.8. The Morgan fingerprint density at radius 1 is 0.552 bits per heavy atom. The SMILES string of the molecule is [2H]C(C)(C)c1ccc(-c2ccnc(-c3cc(-c4ccccc4)cc(-c4cccc5c4nc(-c4cc(C(C)(C)C)cc(C(C)(C)C)c4O)n5-c4ccc(-c5ccccc5)c(CC(C)C)c4)c3)c2)cc1. The molecule has 0 aliphatic rings. The minimum absolute atomic E-state index is 0.186. The smallest absolute Gasteiger partial charge is 0.149 e. The number of phenols is 1. The zero-order valence-corrected chi connectivity index (χ0v) is 40.7. The number of hydrogen-bond acceptors (Lipinski definition) is 3. The van der Waals surface area contributed by atoms with Gasteiger partial charge in [0.2, 0.25) is 0 Å². The van der Waals surface area contributed by atoms with E-state index in [4.69, 9.17) is 11.3 Å². The molecule has 0 bridgehead atoms. The summed E-state index contributed by atoms with van der Waals surface area (Å²) in [7, 11) is 0. The summed E-state index contributed by atoms with van der Waals surface area (Å²) in [5, 5.41) is 12.5. The monoisotopic (exact) mass is 879 g/mol. The van der Waals surface area contributed by atoms with Crippen molar-refractivity contribution in [2.45, 2.75) is 92.4 Å². The predicted octanol–water partition coefficient (Wildman–Crippen LogP) is 17.0. The summed E-state index contributed by atoms with van der Waals surface area (Å²) >= 11 is 0. The maximum atomic E-state index is 12.5. The molecule has 0 saturated carbocycles.